The van der Waals surface area contributed by atoms with Crippen LogP contribution in [-0.2, 0) is 4.79 Å². The Bertz CT molecular complexity index is 441. The van der Waals surface area contributed by atoms with Crippen molar-refractivity contribution < 1.29 is 9.53 Å². The van der Waals surface area contributed by atoms with Crippen LogP contribution in [0.25, 0.3) is 0 Å². The molecular weight excluding hydrogens is 240 g/mol. The summed E-state index contributed by atoms with van der Waals surface area (Å²) in [5.41, 5.74) is 1.05. The number of alkyl halides is 1. The number of amides is 1. The lowest BCUT2D eigenvalue weighted by Crippen LogP contribution is -2.12. The van der Waals surface area contributed by atoms with E-state index in [0.717, 1.165) is 0 Å². The highest BCUT2D eigenvalue weighted by Gasteiger charge is 2.08. The molecule has 0 atom stereocenters. The molecule has 5 heteroatoms. The molecule has 17 heavy (non-hydrogen) atoms. The van der Waals surface area contributed by atoms with E-state index in [1.807, 2.05) is 6.07 Å². The first-order valence-corrected chi connectivity index (χ1v) is 5.68. The molecule has 0 saturated heterocycles. The van der Waals surface area contributed by atoms with Gasteiger partial charge in [0.2, 0.25) is 5.91 Å². The number of carbonyl (C=O) groups excluding carboxylic acids is 1. The number of nitrogens with zero attached hydrogens (tertiary/aromatic N) is 1. The Balaban J connectivity index is 2.77. The smallest absolute Gasteiger partial charge is 0.224 e. The Morgan fingerprint density at radius 1 is 1.59 bits per heavy atom. The van der Waals surface area contributed by atoms with E-state index in [-0.39, 0.29) is 5.91 Å². The Morgan fingerprint density at radius 2 is 2.35 bits per heavy atom. The van der Waals surface area contributed by atoms with Gasteiger partial charge in [-0.05, 0) is 18.6 Å². The summed E-state index contributed by atoms with van der Waals surface area (Å²) in [6, 6.07) is 6.86. The van der Waals surface area contributed by atoms with Crippen LogP contribution in [0.1, 0.15) is 18.4 Å². The second-order valence-electron chi connectivity index (χ2n) is 3.37. The Hall–Kier alpha value is -1.73. The van der Waals surface area contributed by atoms with Gasteiger partial charge in [0.05, 0.1) is 24.4 Å². The minimum Gasteiger partial charge on any atom is -0.495 e. The number of hydrogen-bond acceptors (Lipinski definition) is 3. The third kappa shape index (κ3) is 3.97. The van der Waals surface area contributed by atoms with Gasteiger partial charge in [0.15, 0.2) is 0 Å². The fourth-order valence-electron chi connectivity index (χ4n) is 1.30. The number of nitriles is 1. The summed E-state index contributed by atoms with van der Waals surface area (Å²) < 4.78 is 5.10. The molecule has 0 aliphatic carbocycles. The van der Waals surface area contributed by atoms with E-state index >= 15 is 0 Å². The molecule has 0 unspecified atom stereocenters. The number of anilines is 1. The van der Waals surface area contributed by atoms with Crippen molar-refractivity contribution >= 4 is 23.2 Å². The maximum atomic E-state index is 11.5. The molecule has 1 amide bonds. The molecule has 0 aliphatic heterocycles. The van der Waals surface area contributed by atoms with Gasteiger partial charge in [0.25, 0.3) is 0 Å². The second-order valence-corrected chi connectivity index (χ2v) is 3.75. The van der Waals surface area contributed by atoms with Crippen molar-refractivity contribution in [2.45, 2.75) is 12.8 Å². The average Bonchev–Trinajstić information content (AvgIpc) is 2.36. The first-order chi connectivity index (χ1) is 8.21. The topological polar surface area (TPSA) is 62.1 Å². The summed E-state index contributed by atoms with van der Waals surface area (Å²) in [5, 5.41) is 11.5. The van der Waals surface area contributed by atoms with Crippen LogP contribution in [0.5, 0.6) is 5.75 Å². The fraction of sp³-hybridized carbons (Fsp3) is 0.333. The highest BCUT2D eigenvalue weighted by Crippen LogP contribution is 2.25. The van der Waals surface area contributed by atoms with Gasteiger partial charge in [-0.2, -0.15) is 5.26 Å². The van der Waals surface area contributed by atoms with Crippen LogP contribution in [0.4, 0.5) is 5.69 Å². The zero-order valence-electron chi connectivity index (χ0n) is 9.50. The Morgan fingerprint density at radius 3 is 2.94 bits per heavy atom. The maximum Gasteiger partial charge on any atom is 0.224 e. The minimum atomic E-state index is -0.117. The number of benzene rings is 1. The van der Waals surface area contributed by atoms with Gasteiger partial charge in [-0.3, -0.25) is 4.79 Å². The van der Waals surface area contributed by atoms with Crippen molar-refractivity contribution in [3.8, 4) is 11.8 Å². The van der Waals surface area contributed by atoms with Crippen molar-refractivity contribution in [3.05, 3.63) is 23.8 Å². The zero-order valence-corrected chi connectivity index (χ0v) is 10.3. The Kier molecular flexibility index (Phi) is 5.31. The molecule has 1 aromatic carbocycles. The average molecular weight is 253 g/mol. The van der Waals surface area contributed by atoms with E-state index in [1.54, 1.807) is 18.2 Å². The molecule has 0 saturated carbocycles. The van der Waals surface area contributed by atoms with Gasteiger partial charge in [-0.1, -0.05) is 0 Å². The lowest BCUT2D eigenvalue weighted by molar-refractivity contribution is -0.116. The summed E-state index contributed by atoms with van der Waals surface area (Å²) >= 11 is 5.51. The van der Waals surface area contributed by atoms with Gasteiger partial charge in [0, 0.05) is 18.4 Å². The van der Waals surface area contributed by atoms with Crippen LogP contribution in [0.2, 0.25) is 0 Å². The Labute approximate surface area is 105 Å². The third-order valence-electron chi connectivity index (χ3n) is 2.14. The summed E-state index contributed by atoms with van der Waals surface area (Å²) in [6.45, 7) is 0. The molecule has 0 bridgehead atoms. The molecule has 0 heterocycles. The molecule has 1 N–H and O–H groups in total. The molecule has 1 rings (SSSR count). The second kappa shape index (κ2) is 6.77. The summed E-state index contributed by atoms with van der Waals surface area (Å²) in [4.78, 5) is 11.5. The third-order valence-corrected chi connectivity index (χ3v) is 2.41. The van der Waals surface area contributed by atoms with Gasteiger partial charge in [0.1, 0.15) is 5.75 Å². The van der Waals surface area contributed by atoms with Crippen LogP contribution in [0.3, 0.4) is 0 Å². The minimum absolute atomic E-state index is 0.117. The number of rotatable bonds is 5. The van der Waals surface area contributed by atoms with Gasteiger partial charge < -0.3 is 10.1 Å². The van der Waals surface area contributed by atoms with Crippen LogP contribution >= 0.6 is 11.6 Å². The molecular formula is C12H13ClN2O2. The number of ether oxygens (including phenoxy) is 1. The van der Waals surface area contributed by atoms with Crippen molar-refractivity contribution in [1.29, 1.82) is 5.26 Å². The molecule has 0 fully saturated rings. The molecule has 0 spiro atoms. The van der Waals surface area contributed by atoms with Crippen molar-refractivity contribution in [1.82, 2.24) is 0 Å². The maximum absolute atomic E-state index is 11.5. The number of nitrogens with one attached hydrogen (secondary N) is 1. The number of methoxy groups -OCH3 is 1. The summed E-state index contributed by atoms with van der Waals surface area (Å²) in [5.74, 6) is 0.815. The highest BCUT2D eigenvalue weighted by atomic mass is 35.5. The van der Waals surface area contributed by atoms with Crippen LogP contribution in [0.15, 0.2) is 18.2 Å². The predicted molar refractivity (Wildman–Crippen MR) is 66.3 cm³/mol. The molecule has 1 aromatic rings. The normalized spacial score (nSPS) is 9.47. The van der Waals surface area contributed by atoms with E-state index < -0.39 is 0 Å². The van der Waals surface area contributed by atoms with Crippen molar-refractivity contribution in [2.75, 3.05) is 18.3 Å². The molecule has 0 radical (unpaired) electrons. The first-order valence-electron chi connectivity index (χ1n) is 5.15. The largest absolute Gasteiger partial charge is 0.495 e. The monoisotopic (exact) mass is 252 g/mol. The van der Waals surface area contributed by atoms with E-state index in [9.17, 15) is 4.79 Å². The lowest BCUT2D eigenvalue weighted by Gasteiger charge is -2.09. The number of carbonyl (C=O) groups is 1. The number of halogens is 1. The SMILES string of the molecule is COc1cc(C#N)ccc1NC(=O)CCCCl. The van der Waals surface area contributed by atoms with E-state index in [1.165, 1.54) is 7.11 Å². The van der Waals surface area contributed by atoms with Crippen LogP contribution in [-0.4, -0.2) is 18.9 Å². The van der Waals surface area contributed by atoms with E-state index in [2.05, 4.69) is 5.32 Å². The van der Waals surface area contributed by atoms with Gasteiger partial charge in [-0.15, -0.1) is 11.6 Å². The van der Waals surface area contributed by atoms with E-state index in [4.69, 9.17) is 21.6 Å². The summed E-state index contributed by atoms with van der Waals surface area (Å²) in [6.07, 6.45) is 0.999. The van der Waals surface area contributed by atoms with Crippen LogP contribution in [0, 0.1) is 11.3 Å². The predicted octanol–water partition coefficient (Wildman–Crippen LogP) is 2.52. The van der Waals surface area contributed by atoms with Gasteiger partial charge in [-0.25, -0.2) is 0 Å². The quantitative estimate of drug-likeness (QED) is 0.819. The van der Waals surface area contributed by atoms with Crippen molar-refractivity contribution in [3.63, 3.8) is 0 Å². The standard InChI is InChI=1S/C12H13ClN2O2/c1-17-11-7-9(8-14)4-5-10(11)15-12(16)3-2-6-13/h4-5,7H,2-3,6H2,1H3,(H,15,16). The summed E-state index contributed by atoms with van der Waals surface area (Å²) in [7, 11) is 1.49. The molecule has 0 aromatic heterocycles. The molecule has 90 valence electrons. The fourth-order valence-corrected chi connectivity index (χ4v) is 1.44. The van der Waals surface area contributed by atoms with E-state index in [0.29, 0.717) is 35.7 Å². The van der Waals surface area contributed by atoms with Gasteiger partial charge >= 0.3 is 0 Å². The number of hydrogen-bond donors (Lipinski definition) is 1. The first kappa shape index (κ1) is 13.3. The van der Waals surface area contributed by atoms with Crippen molar-refractivity contribution in [2.24, 2.45) is 0 Å². The molecule has 4 nitrogen and oxygen atoms in total. The van der Waals surface area contributed by atoms with Crippen LogP contribution < -0.4 is 10.1 Å². The molecule has 0 aliphatic rings. The zero-order chi connectivity index (χ0) is 12.7. The lowest BCUT2D eigenvalue weighted by atomic mass is 10.2. The highest BCUT2D eigenvalue weighted by molar-refractivity contribution is 6.18.